The minimum absolute atomic E-state index is 0.0678. The minimum atomic E-state index is -0.616. The summed E-state index contributed by atoms with van der Waals surface area (Å²) in [4.78, 5) is 41.6. The van der Waals surface area contributed by atoms with E-state index in [2.05, 4.69) is 31.1 Å². The zero-order valence-corrected chi connectivity index (χ0v) is 19.5. The first kappa shape index (κ1) is 23.7. The lowest BCUT2D eigenvalue weighted by Gasteiger charge is -2.10. The Kier molecular flexibility index (Phi) is 7.53. The van der Waals surface area contributed by atoms with Crippen molar-refractivity contribution < 1.29 is 19.1 Å². The lowest BCUT2D eigenvalue weighted by atomic mass is 10.2. The molecule has 11 nitrogen and oxygen atoms in total. The van der Waals surface area contributed by atoms with E-state index in [1.807, 2.05) is 31.2 Å². The lowest BCUT2D eigenvalue weighted by molar-refractivity contribution is -0.117. The van der Waals surface area contributed by atoms with Crippen LogP contribution in [-0.2, 0) is 33.9 Å². The Labute approximate surface area is 204 Å². The number of esters is 1. The number of rotatable bonds is 9. The smallest absolute Gasteiger partial charge is 0.340 e. The largest absolute Gasteiger partial charge is 0.455 e. The van der Waals surface area contributed by atoms with Crippen molar-refractivity contribution in [1.29, 1.82) is 0 Å². The number of nitrogens with zero attached hydrogens (tertiary/aromatic N) is 5. The van der Waals surface area contributed by atoms with Crippen molar-refractivity contribution in [2.75, 3.05) is 10.6 Å². The average molecular weight is 492 g/mol. The first-order chi connectivity index (χ1) is 17.0. The number of tetrazole rings is 1. The van der Waals surface area contributed by atoms with Gasteiger partial charge in [-0.25, -0.2) is 14.5 Å². The second-order valence-corrected chi connectivity index (χ2v) is 8.39. The van der Waals surface area contributed by atoms with Gasteiger partial charge in [-0.2, -0.15) is 0 Å². The summed E-state index contributed by atoms with van der Waals surface area (Å²) in [5, 5.41) is 18.5. The Bertz CT molecular complexity index is 1340. The van der Waals surface area contributed by atoms with Crippen LogP contribution in [0.1, 0.15) is 26.6 Å². The summed E-state index contributed by atoms with van der Waals surface area (Å²) in [6, 6.07) is 14.0. The van der Waals surface area contributed by atoms with Crippen molar-refractivity contribution in [1.82, 2.24) is 25.2 Å². The number of aryl methyl sites for hydroxylation is 1. The number of aromatic nitrogens is 5. The van der Waals surface area contributed by atoms with Crippen LogP contribution in [0.5, 0.6) is 0 Å². The molecule has 35 heavy (non-hydrogen) atoms. The van der Waals surface area contributed by atoms with Crippen LogP contribution in [-0.4, -0.2) is 43.0 Å². The summed E-state index contributed by atoms with van der Waals surface area (Å²) in [6.45, 7) is 1.75. The number of hydrogen-bond donors (Lipinski definition) is 2. The number of carbonyl (C=O) groups is 3. The van der Waals surface area contributed by atoms with Gasteiger partial charge in [0.25, 0.3) is 0 Å². The summed E-state index contributed by atoms with van der Waals surface area (Å²) >= 11 is 1.31. The molecule has 2 amide bonds. The second-order valence-electron chi connectivity index (χ2n) is 7.45. The molecule has 0 spiro atoms. The normalized spacial score (nSPS) is 10.5. The third-order valence-corrected chi connectivity index (χ3v) is 5.70. The van der Waals surface area contributed by atoms with Crippen LogP contribution in [0.15, 0.2) is 60.2 Å². The number of carbonyl (C=O) groups excluding carboxylic acids is 3. The number of thiazole rings is 1. The molecule has 0 radical (unpaired) electrons. The Hall–Kier alpha value is -4.45. The molecular formula is C23H21N7O4S. The molecule has 0 aliphatic heterocycles. The van der Waals surface area contributed by atoms with Crippen molar-refractivity contribution in [3.05, 3.63) is 82.1 Å². The first-order valence-corrected chi connectivity index (χ1v) is 11.4. The molecule has 2 aromatic heterocycles. The lowest BCUT2D eigenvalue weighted by Crippen LogP contribution is -2.21. The van der Waals surface area contributed by atoms with E-state index in [-0.39, 0.29) is 31.0 Å². The molecule has 0 saturated heterocycles. The van der Waals surface area contributed by atoms with E-state index in [1.165, 1.54) is 22.3 Å². The molecule has 12 heteroatoms. The number of para-hydroxylation sites is 2. The molecule has 0 aliphatic carbocycles. The van der Waals surface area contributed by atoms with Crippen LogP contribution < -0.4 is 10.6 Å². The summed E-state index contributed by atoms with van der Waals surface area (Å²) in [6.07, 6.45) is 1.43. The molecule has 2 heterocycles. The third kappa shape index (κ3) is 6.54. The van der Waals surface area contributed by atoms with Gasteiger partial charge < -0.3 is 15.4 Å². The second kappa shape index (κ2) is 11.1. The Morgan fingerprint density at radius 1 is 1.00 bits per heavy atom. The van der Waals surface area contributed by atoms with Gasteiger partial charge >= 0.3 is 5.97 Å². The molecule has 178 valence electrons. The fraction of sp³-hybridized carbons (Fsp3) is 0.174. The average Bonchev–Trinajstić information content (AvgIpc) is 3.51. The number of anilines is 2. The predicted molar refractivity (Wildman–Crippen MR) is 128 cm³/mol. The van der Waals surface area contributed by atoms with Gasteiger partial charge in [0.15, 0.2) is 0 Å². The molecule has 4 aromatic rings. The fourth-order valence-corrected chi connectivity index (χ4v) is 3.90. The summed E-state index contributed by atoms with van der Waals surface area (Å²) < 4.78 is 6.65. The van der Waals surface area contributed by atoms with Crippen molar-refractivity contribution in [3.8, 4) is 0 Å². The molecule has 4 rings (SSSR count). The van der Waals surface area contributed by atoms with Gasteiger partial charge in [0, 0.05) is 11.1 Å². The number of amides is 2. The van der Waals surface area contributed by atoms with Crippen LogP contribution in [0.2, 0.25) is 0 Å². The number of benzene rings is 2. The molecular weight excluding hydrogens is 470 g/mol. The maximum absolute atomic E-state index is 12.7. The van der Waals surface area contributed by atoms with Crippen molar-refractivity contribution in [2.45, 2.75) is 26.5 Å². The summed E-state index contributed by atoms with van der Waals surface area (Å²) in [5.41, 5.74) is 2.77. The van der Waals surface area contributed by atoms with Crippen LogP contribution in [0.25, 0.3) is 0 Å². The highest BCUT2D eigenvalue weighted by atomic mass is 32.1. The molecule has 2 aromatic carbocycles. The molecule has 0 unspecified atom stereocenters. The molecule has 0 bridgehead atoms. The van der Waals surface area contributed by atoms with E-state index in [0.29, 0.717) is 16.4 Å². The Morgan fingerprint density at radius 3 is 2.51 bits per heavy atom. The maximum atomic E-state index is 12.7. The van der Waals surface area contributed by atoms with Gasteiger partial charge in [0.2, 0.25) is 11.8 Å². The van der Waals surface area contributed by atoms with E-state index < -0.39 is 11.9 Å². The maximum Gasteiger partial charge on any atom is 0.340 e. The molecule has 2 N–H and O–H groups in total. The number of ether oxygens (including phenoxy) is 1. The first-order valence-electron chi connectivity index (χ1n) is 10.5. The van der Waals surface area contributed by atoms with E-state index >= 15 is 0 Å². The standard InChI is InChI=1S/C23H21N7O4S/c1-15-6-2-4-8-18(15)26-20(31)10-22-25-16(13-35-22)12-34-23(33)17-7-3-5-9-19(17)27-21(32)11-30-14-24-28-29-30/h2-9,13-14H,10-12H2,1H3,(H,26,31)(H,27,32). The Balaban J connectivity index is 1.31. The number of hydrogen-bond acceptors (Lipinski definition) is 9. The van der Waals surface area contributed by atoms with Gasteiger partial charge in [-0.15, -0.1) is 16.4 Å². The summed E-state index contributed by atoms with van der Waals surface area (Å²) in [5.74, 6) is -1.19. The van der Waals surface area contributed by atoms with Gasteiger partial charge in [-0.3, -0.25) is 9.59 Å². The van der Waals surface area contributed by atoms with Crippen LogP contribution >= 0.6 is 11.3 Å². The summed E-state index contributed by atoms with van der Waals surface area (Å²) in [7, 11) is 0. The quantitative estimate of drug-likeness (QED) is 0.340. The topological polar surface area (TPSA) is 141 Å². The predicted octanol–water partition coefficient (Wildman–Crippen LogP) is 2.61. The van der Waals surface area contributed by atoms with E-state index in [0.717, 1.165) is 11.3 Å². The SMILES string of the molecule is Cc1ccccc1NC(=O)Cc1nc(COC(=O)c2ccccc2NC(=O)Cn2cnnn2)cs1. The van der Waals surface area contributed by atoms with E-state index in [1.54, 1.807) is 29.6 Å². The van der Waals surface area contributed by atoms with Crippen LogP contribution in [0.3, 0.4) is 0 Å². The Morgan fingerprint density at radius 2 is 1.74 bits per heavy atom. The molecule has 0 fully saturated rings. The van der Waals surface area contributed by atoms with E-state index in [4.69, 9.17) is 4.74 Å². The highest BCUT2D eigenvalue weighted by Gasteiger charge is 2.16. The van der Waals surface area contributed by atoms with Gasteiger partial charge in [-0.05, 0) is 41.1 Å². The highest BCUT2D eigenvalue weighted by molar-refractivity contribution is 7.09. The van der Waals surface area contributed by atoms with Gasteiger partial charge in [-0.1, -0.05) is 30.3 Å². The zero-order valence-electron chi connectivity index (χ0n) is 18.7. The highest BCUT2D eigenvalue weighted by Crippen LogP contribution is 2.19. The van der Waals surface area contributed by atoms with Crippen LogP contribution in [0.4, 0.5) is 11.4 Å². The van der Waals surface area contributed by atoms with Crippen molar-refractivity contribution in [2.24, 2.45) is 0 Å². The molecule has 0 saturated carbocycles. The molecule has 0 aliphatic rings. The monoisotopic (exact) mass is 491 g/mol. The third-order valence-electron chi connectivity index (χ3n) is 4.80. The van der Waals surface area contributed by atoms with Gasteiger partial charge in [0.1, 0.15) is 24.5 Å². The molecule has 0 atom stereocenters. The van der Waals surface area contributed by atoms with Crippen molar-refractivity contribution >= 4 is 40.5 Å². The van der Waals surface area contributed by atoms with Gasteiger partial charge in [0.05, 0.1) is 23.4 Å². The van der Waals surface area contributed by atoms with Crippen molar-refractivity contribution in [3.63, 3.8) is 0 Å². The minimum Gasteiger partial charge on any atom is -0.455 e. The van der Waals surface area contributed by atoms with Crippen LogP contribution in [0, 0.1) is 6.92 Å². The van der Waals surface area contributed by atoms with E-state index in [9.17, 15) is 14.4 Å². The fourth-order valence-electron chi connectivity index (χ4n) is 3.12. The number of nitrogens with one attached hydrogen (secondary N) is 2. The zero-order chi connectivity index (χ0) is 24.6.